The van der Waals surface area contributed by atoms with Crippen molar-refractivity contribution >= 4 is 23.1 Å². The van der Waals surface area contributed by atoms with Gasteiger partial charge in [0.25, 0.3) is 0 Å². The number of hydrogen-bond donors (Lipinski definition) is 2. The Labute approximate surface area is 280 Å². The molecular weight excluding hydrogens is 608 g/mol. The van der Waals surface area contributed by atoms with Crippen molar-refractivity contribution in [1.29, 1.82) is 0 Å². The van der Waals surface area contributed by atoms with Crippen LogP contribution in [0.3, 0.4) is 0 Å². The molecule has 0 saturated heterocycles. The normalized spacial score (nSPS) is 20.2. The molecule has 6 rings (SSSR count). The quantitative estimate of drug-likeness (QED) is 0.193. The Balaban J connectivity index is 0.000000188. The smallest absolute Gasteiger partial charge is 0.337 e. The van der Waals surface area contributed by atoms with E-state index in [-0.39, 0.29) is 0 Å². The van der Waals surface area contributed by atoms with Gasteiger partial charge in [0.15, 0.2) is 0 Å². The highest BCUT2D eigenvalue weighted by atomic mass is 16.7. The molecule has 0 fully saturated rings. The van der Waals surface area contributed by atoms with Gasteiger partial charge in [-0.1, -0.05) is 72.8 Å². The fraction of sp³-hybridized carbons (Fsp3) is 0.250. The van der Waals surface area contributed by atoms with Crippen LogP contribution in [0.4, 0.5) is 0 Å². The Hall–Kier alpha value is -5.18. The van der Waals surface area contributed by atoms with Crippen LogP contribution in [0.5, 0.6) is 11.5 Å². The van der Waals surface area contributed by atoms with Gasteiger partial charge in [-0.2, -0.15) is 0 Å². The summed E-state index contributed by atoms with van der Waals surface area (Å²) in [5.41, 5.74) is 7.47. The first-order valence-electron chi connectivity index (χ1n) is 15.7. The second-order valence-electron chi connectivity index (χ2n) is 12.2. The molecular formula is C40H40O8. The van der Waals surface area contributed by atoms with Crippen molar-refractivity contribution in [3.63, 3.8) is 0 Å². The van der Waals surface area contributed by atoms with E-state index in [4.69, 9.17) is 18.9 Å². The van der Waals surface area contributed by atoms with Crippen molar-refractivity contribution in [2.45, 2.75) is 66.3 Å². The molecule has 4 aromatic carbocycles. The minimum absolute atomic E-state index is 0.432. The number of aryl methyl sites for hydroxylation is 2. The van der Waals surface area contributed by atoms with Crippen LogP contribution in [0.2, 0.25) is 0 Å². The van der Waals surface area contributed by atoms with Crippen LogP contribution in [0, 0.1) is 13.8 Å². The van der Waals surface area contributed by atoms with E-state index in [2.05, 4.69) is 0 Å². The van der Waals surface area contributed by atoms with Crippen LogP contribution in [0.15, 0.2) is 108 Å². The molecule has 0 radical (unpaired) electrons. The zero-order valence-electron chi connectivity index (χ0n) is 28.0. The minimum Gasteiger partial charge on any atom is -0.489 e. The van der Waals surface area contributed by atoms with Crippen LogP contribution in [0.25, 0.3) is 11.1 Å². The lowest BCUT2D eigenvalue weighted by Gasteiger charge is -2.21. The summed E-state index contributed by atoms with van der Waals surface area (Å²) >= 11 is 0. The molecule has 2 atom stereocenters. The molecule has 2 aliphatic rings. The van der Waals surface area contributed by atoms with Crippen LogP contribution in [-0.2, 0) is 32.3 Å². The van der Waals surface area contributed by atoms with E-state index in [1.54, 1.807) is 13.8 Å². The summed E-state index contributed by atoms with van der Waals surface area (Å²) in [7, 11) is 0. The van der Waals surface area contributed by atoms with E-state index >= 15 is 0 Å². The zero-order valence-corrected chi connectivity index (χ0v) is 28.0. The summed E-state index contributed by atoms with van der Waals surface area (Å²) in [4.78, 5) is 23.5. The second-order valence-corrected chi connectivity index (χ2v) is 12.2. The molecule has 0 spiro atoms. The monoisotopic (exact) mass is 648 g/mol. The third-order valence-corrected chi connectivity index (χ3v) is 8.30. The van der Waals surface area contributed by atoms with E-state index in [1.807, 2.05) is 111 Å². The molecule has 8 nitrogen and oxygen atoms in total. The summed E-state index contributed by atoms with van der Waals surface area (Å²) in [6.45, 7) is 11.1. The summed E-state index contributed by atoms with van der Waals surface area (Å²) in [6, 6.07) is 31.0. The third kappa shape index (κ3) is 7.51. The third-order valence-electron chi connectivity index (χ3n) is 8.30. The molecule has 0 saturated carbocycles. The summed E-state index contributed by atoms with van der Waals surface area (Å²) in [6.07, 6.45) is 0. The number of aliphatic hydroxyl groups is 2. The Morgan fingerprint density at radius 1 is 0.562 bits per heavy atom. The number of carbonyl (C=O) groups excluding carboxylic acids is 2. The van der Waals surface area contributed by atoms with Gasteiger partial charge < -0.3 is 29.2 Å². The first-order chi connectivity index (χ1) is 22.8. The summed E-state index contributed by atoms with van der Waals surface area (Å²) in [5, 5.41) is 20.7. The van der Waals surface area contributed by atoms with Crippen LogP contribution < -0.4 is 9.47 Å². The lowest BCUT2D eigenvalue weighted by Crippen LogP contribution is -2.26. The largest absolute Gasteiger partial charge is 0.489 e. The van der Waals surface area contributed by atoms with Crippen molar-refractivity contribution in [3.05, 3.63) is 142 Å². The summed E-state index contributed by atoms with van der Waals surface area (Å²) < 4.78 is 21.7. The average Bonchev–Trinajstić information content (AvgIpc) is 3.39. The number of cyclic esters (lactones) is 2. The van der Waals surface area contributed by atoms with Crippen molar-refractivity contribution in [2.75, 3.05) is 0 Å². The van der Waals surface area contributed by atoms with Crippen LogP contribution >= 0.6 is 0 Å². The van der Waals surface area contributed by atoms with E-state index in [9.17, 15) is 19.8 Å². The number of esters is 2. The van der Waals surface area contributed by atoms with E-state index < -0.39 is 23.5 Å². The number of benzene rings is 4. The molecule has 2 heterocycles. The lowest BCUT2D eigenvalue weighted by molar-refractivity contribution is -0.171. The molecule has 2 unspecified atom stereocenters. The standard InChI is InChI=1S/2C20H20O4/c2*1-13-11-16(23-12-15-7-5-4-6-8-15)9-10-17(13)18-14(2)19(21)24-20(18,3)22/h2*4-11,22H,12H2,1-3H3. The zero-order chi connectivity index (χ0) is 34.6. The van der Waals surface area contributed by atoms with Crippen LogP contribution in [-0.4, -0.2) is 33.7 Å². The Morgan fingerprint density at radius 3 is 1.21 bits per heavy atom. The fourth-order valence-electron chi connectivity index (χ4n) is 5.91. The predicted octanol–water partition coefficient (Wildman–Crippen LogP) is 7.23. The molecule has 8 heteroatoms. The highest BCUT2D eigenvalue weighted by molar-refractivity contribution is 6.04. The van der Waals surface area contributed by atoms with Gasteiger partial charge in [0.2, 0.25) is 11.6 Å². The Kier molecular flexibility index (Phi) is 9.89. The van der Waals surface area contributed by atoms with E-state index in [0.717, 1.165) is 44.9 Å². The maximum absolute atomic E-state index is 11.7. The number of hydrogen-bond acceptors (Lipinski definition) is 8. The van der Waals surface area contributed by atoms with Crippen molar-refractivity contribution < 1.29 is 38.7 Å². The second kappa shape index (κ2) is 13.9. The van der Waals surface area contributed by atoms with Gasteiger partial charge in [0, 0.05) is 36.1 Å². The van der Waals surface area contributed by atoms with Gasteiger partial charge in [0.1, 0.15) is 24.7 Å². The fourth-order valence-corrected chi connectivity index (χ4v) is 5.91. The van der Waals surface area contributed by atoms with E-state index in [0.29, 0.717) is 35.5 Å². The first-order valence-corrected chi connectivity index (χ1v) is 15.7. The molecule has 2 aliphatic heterocycles. The topological polar surface area (TPSA) is 112 Å². The predicted molar refractivity (Wildman–Crippen MR) is 183 cm³/mol. The Morgan fingerprint density at radius 2 is 0.917 bits per heavy atom. The molecule has 0 aliphatic carbocycles. The van der Waals surface area contributed by atoms with Gasteiger partial charge in [-0.25, -0.2) is 9.59 Å². The number of carbonyl (C=O) groups is 2. The molecule has 4 aromatic rings. The van der Waals surface area contributed by atoms with Crippen molar-refractivity contribution in [3.8, 4) is 11.5 Å². The maximum atomic E-state index is 11.7. The minimum atomic E-state index is -1.60. The highest BCUT2D eigenvalue weighted by Gasteiger charge is 2.43. The van der Waals surface area contributed by atoms with Crippen molar-refractivity contribution in [2.24, 2.45) is 0 Å². The van der Waals surface area contributed by atoms with Crippen LogP contribution in [0.1, 0.15) is 61.1 Å². The SMILES string of the molecule is CC1=C(c2ccc(OCc3ccccc3)cc2C)C(C)(O)OC1=O.CC1=C(c2ccc(OCc3ccccc3)cc2C)C(C)(O)OC1=O. The molecule has 48 heavy (non-hydrogen) atoms. The molecule has 0 aromatic heterocycles. The van der Waals surface area contributed by atoms with Gasteiger partial charge in [0.05, 0.1) is 0 Å². The molecule has 0 bridgehead atoms. The summed E-state index contributed by atoms with van der Waals surface area (Å²) in [5.74, 6) is -2.69. The van der Waals surface area contributed by atoms with Gasteiger partial charge in [-0.3, -0.25) is 0 Å². The van der Waals surface area contributed by atoms with E-state index in [1.165, 1.54) is 13.8 Å². The molecule has 248 valence electrons. The van der Waals surface area contributed by atoms with Gasteiger partial charge >= 0.3 is 11.9 Å². The average molecular weight is 649 g/mol. The molecule has 0 amide bonds. The first kappa shape index (κ1) is 34.2. The molecule has 2 N–H and O–H groups in total. The Bertz CT molecular complexity index is 1750. The van der Waals surface area contributed by atoms with Crippen molar-refractivity contribution in [1.82, 2.24) is 0 Å². The lowest BCUT2D eigenvalue weighted by atomic mass is 9.92. The van der Waals surface area contributed by atoms with Gasteiger partial charge in [-0.15, -0.1) is 0 Å². The maximum Gasteiger partial charge on any atom is 0.337 e. The van der Waals surface area contributed by atoms with Gasteiger partial charge in [-0.05, 0) is 85.3 Å². The number of rotatable bonds is 8. The highest BCUT2D eigenvalue weighted by Crippen LogP contribution is 2.41. The number of ether oxygens (including phenoxy) is 4.